The van der Waals surface area contributed by atoms with Gasteiger partial charge in [0.2, 0.25) is 11.8 Å². The van der Waals surface area contributed by atoms with Crippen molar-refractivity contribution in [3.8, 4) is 17.5 Å². The second-order valence-corrected chi connectivity index (χ2v) is 8.32. The first kappa shape index (κ1) is 21.6. The second kappa shape index (κ2) is 9.27. The van der Waals surface area contributed by atoms with E-state index >= 15 is 0 Å². The van der Waals surface area contributed by atoms with E-state index in [1.54, 1.807) is 36.4 Å². The standard InChI is InChI=1S/C21H20N4O6S/c1-12-8-15(6-7-25(12)21(28)29)31-18-10-17(22-11-23-18)30-14-4-2-13(3-5-14)9-16-19(26)24-20(27)32-16/h2-5,9-12,15H,6-8H2,1H3,(H,28,29)(H,24,26,27)/b16-9-. The van der Waals surface area contributed by atoms with Gasteiger partial charge in [0.25, 0.3) is 11.1 Å². The van der Waals surface area contributed by atoms with Crippen molar-refractivity contribution in [3.05, 3.63) is 47.1 Å². The molecule has 2 aliphatic rings. The van der Waals surface area contributed by atoms with Gasteiger partial charge in [-0.25, -0.2) is 14.8 Å². The molecule has 11 heteroatoms. The molecule has 0 aliphatic carbocycles. The third-order valence-corrected chi connectivity index (χ3v) is 5.83. The quantitative estimate of drug-likeness (QED) is 0.649. The van der Waals surface area contributed by atoms with Crippen LogP contribution in [0.15, 0.2) is 41.6 Å². The van der Waals surface area contributed by atoms with Crippen LogP contribution in [0, 0.1) is 0 Å². The molecule has 0 bridgehead atoms. The topological polar surface area (TPSA) is 131 Å². The number of imide groups is 1. The van der Waals surface area contributed by atoms with Gasteiger partial charge < -0.3 is 19.5 Å². The first-order valence-corrected chi connectivity index (χ1v) is 10.7. The van der Waals surface area contributed by atoms with Gasteiger partial charge in [-0.2, -0.15) is 0 Å². The first-order chi connectivity index (χ1) is 15.4. The molecule has 166 valence electrons. The van der Waals surface area contributed by atoms with E-state index in [4.69, 9.17) is 9.47 Å². The van der Waals surface area contributed by atoms with Gasteiger partial charge in [0, 0.05) is 25.4 Å². The Labute approximate surface area is 187 Å². The van der Waals surface area contributed by atoms with Crippen molar-refractivity contribution in [2.24, 2.45) is 0 Å². The van der Waals surface area contributed by atoms with E-state index in [0.717, 1.165) is 17.3 Å². The molecule has 3 heterocycles. The number of ether oxygens (including phenoxy) is 2. The molecule has 2 aromatic rings. The average molecular weight is 456 g/mol. The van der Waals surface area contributed by atoms with Crippen LogP contribution in [0.4, 0.5) is 9.59 Å². The largest absolute Gasteiger partial charge is 0.474 e. The maximum atomic E-state index is 11.6. The lowest BCUT2D eigenvalue weighted by Crippen LogP contribution is -2.46. The Kier molecular flexibility index (Phi) is 6.26. The molecule has 32 heavy (non-hydrogen) atoms. The van der Waals surface area contributed by atoms with Crippen molar-refractivity contribution in [1.82, 2.24) is 20.2 Å². The van der Waals surface area contributed by atoms with E-state index in [1.165, 1.54) is 11.2 Å². The van der Waals surface area contributed by atoms with Gasteiger partial charge in [-0.15, -0.1) is 0 Å². The van der Waals surface area contributed by atoms with E-state index in [0.29, 0.717) is 41.8 Å². The summed E-state index contributed by atoms with van der Waals surface area (Å²) >= 11 is 0.860. The third kappa shape index (κ3) is 5.17. The molecule has 1 aromatic heterocycles. The number of carbonyl (C=O) groups excluding carboxylic acids is 2. The number of rotatable bonds is 5. The number of nitrogens with one attached hydrogen (secondary N) is 1. The molecule has 2 N–H and O–H groups in total. The van der Waals surface area contributed by atoms with Gasteiger partial charge in [-0.3, -0.25) is 14.9 Å². The minimum Gasteiger partial charge on any atom is -0.474 e. The number of carbonyl (C=O) groups is 3. The Morgan fingerprint density at radius 2 is 2.00 bits per heavy atom. The fraction of sp³-hybridized carbons (Fsp3) is 0.286. The van der Waals surface area contributed by atoms with Crippen molar-refractivity contribution < 1.29 is 29.0 Å². The van der Waals surface area contributed by atoms with E-state index in [1.807, 2.05) is 6.92 Å². The van der Waals surface area contributed by atoms with Gasteiger partial charge >= 0.3 is 6.09 Å². The maximum absolute atomic E-state index is 11.6. The van der Waals surface area contributed by atoms with Gasteiger partial charge in [0.05, 0.1) is 11.0 Å². The lowest BCUT2D eigenvalue weighted by Gasteiger charge is -2.35. The van der Waals surface area contributed by atoms with Gasteiger partial charge in [-0.05, 0) is 42.5 Å². The SMILES string of the molecule is CC1CC(Oc2cc(Oc3ccc(/C=C4\SC(=O)NC4=O)cc3)ncn2)CCN1C(=O)O. The third-order valence-electron chi connectivity index (χ3n) is 5.02. The zero-order valence-corrected chi connectivity index (χ0v) is 17.9. The predicted molar refractivity (Wildman–Crippen MR) is 115 cm³/mol. The van der Waals surface area contributed by atoms with Crippen molar-refractivity contribution in [2.75, 3.05) is 6.54 Å². The zero-order chi connectivity index (χ0) is 22.7. The molecule has 0 radical (unpaired) electrons. The molecule has 3 amide bonds. The van der Waals surface area contributed by atoms with E-state index in [2.05, 4.69) is 15.3 Å². The molecule has 2 unspecified atom stereocenters. The van der Waals surface area contributed by atoms with Crippen LogP contribution in [0.1, 0.15) is 25.3 Å². The fourth-order valence-electron chi connectivity index (χ4n) is 3.46. The van der Waals surface area contributed by atoms with Crippen molar-refractivity contribution in [1.29, 1.82) is 0 Å². The van der Waals surface area contributed by atoms with E-state index < -0.39 is 12.0 Å². The van der Waals surface area contributed by atoms with Crippen LogP contribution < -0.4 is 14.8 Å². The molecule has 2 saturated heterocycles. The fourth-order valence-corrected chi connectivity index (χ4v) is 4.14. The minimum atomic E-state index is -0.922. The van der Waals surface area contributed by atoms with Crippen LogP contribution >= 0.6 is 11.8 Å². The van der Waals surface area contributed by atoms with Crippen molar-refractivity contribution in [3.63, 3.8) is 0 Å². The predicted octanol–water partition coefficient (Wildman–Crippen LogP) is 3.50. The molecular weight excluding hydrogens is 436 g/mol. The molecule has 10 nitrogen and oxygen atoms in total. The van der Waals surface area contributed by atoms with Crippen LogP contribution in [0.25, 0.3) is 6.08 Å². The highest BCUT2D eigenvalue weighted by Gasteiger charge is 2.30. The summed E-state index contributed by atoms with van der Waals surface area (Å²) in [6.07, 6.45) is 3.05. The Bertz CT molecular complexity index is 1070. The molecule has 1 aromatic carbocycles. The number of likely N-dealkylation sites (tertiary alicyclic amines) is 1. The monoisotopic (exact) mass is 456 g/mol. The molecule has 0 saturated carbocycles. The van der Waals surface area contributed by atoms with Crippen LogP contribution in [-0.4, -0.2) is 55.9 Å². The number of piperidine rings is 1. The number of thioether (sulfide) groups is 1. The zero-order valence-electron chi connectivity index (χ0n) is 17.1. The summed E-state index contributed by atoms with van der Waals surface area (Å²) in [6, 6.07) is 8.40. The second-order valence-electron chi connectivity index (χ2n) is 7.31. The van der Waals surface area contributed by atoms with Crippen molar-refractivity contribution >= 4 is 35.1 Å². The summed E-state index contributed by atoms with van der Waals surface area (Å²) in [5.41, 5.74) is 0.748. The first-order valence-electron chi connectivity index (χ1n) is 9.88. The lowest BCUT2D eigenvalue weighted by atomic mass is 10.0. The molecule has 2 aliphatic heterocycles. The summed E-state index contributed by atoms with van der Waals surface area (Å²) in [5, 5.41) is 11.0. The van der Waals surface area contributed by atoms with Gasteiger partial charge in [0.15, 0.2) is 0 Å². The number of hydrogen-bond donors (Lipinski definition) is 2. The number of nitrogens with zero attached hydrogens (tertiary/aromatic N) is 3. The Hall–Kier alpha value is -3.60. The molecule has 0 spiro atoms. The number of amides is 3. The highest BCUT2D eigenvalue weighted by molar-refractivity contribution is 8.18. The summed E-state index contributed by atoms with van der Waals surface area (Å²) in [5.74, 6) is 0.774. The number of hydrogen-bond acceptors (Lipinski definition) is 8. The van der Waals surface area contributed by atoms with Crippen LogP contribution in [0.3, 0.4) is 0 Å². The Balaban J connectivity index is 1.37. The van der Waals surface area contributed by atoms with E-state index in [9.17, 15) is 19.5 Å². The Morgan fingerprint density at radius 3 is 2.66 bits per heavy atom. The summed E-state index contributed by atoms with van der Waals surface area (Å²) in [6.45, 7) is 2.26. The van der Waals surface area contributed by atoms with Gasteiger partial charge in [-0.1, -0.05) is 12.1 Å². The molecule has 2 fully saturated rings. The summed E-state index contributed by atoms with van der Waals surface area (Å²) < 4.78 is 11.7. The number of aromatic nitrogens is 2. The average Bonchev–Trinajstić information content (AvgIpc) is 3.06. The van der Waals surface area contributed by atoms with Crippen molar-refractivity contribution in [2.45, 2.75) is 31.9 Å². The van der Waals surface area contributed by atoms with E-state index in [-0.39, 0.29) is 17.4 Å². The normalized spacial score (nSPS) is 22.0. The van der Waals surface area contributed by atoms with Gasteiger partial charge in [0.1, 0.15) is 18.2 Å². The van der Waals surface area contributed by atoms with Crippen LogP contribution in [-0.2, 0) is 4.79 Å². The number of benzene rings is 1. The summed E-state index contributed by atoms with van der Waals surface area (Å²) in [7, 11) is 0. The smallest absolute Gasteiger partial charge is 0.407 e. The maximum Gasteiger partial charge on any atom is 0.407 e. The highest BCUT2D eigenvalue weighted by Crippen LogP contribution is 2.28. The molecule has 2 atom stereocenters. The molecular formula is C21H20N4O6S. The highest BCUT2D eigenvalue weighted by atomic mass is 32.2. The summed E-state index contributed by atoms with van der Waals surface area (Å²) in [4.78, 5) is 44.0. The molecule has 4 rings (SSSR count). The number of carboxylic acid groups (broad SMARTS) is 1. The Morgan fingerprint density at radius 1 is 1.25 bits per heavy atom. The van der Waals surface area contributed by atoms with Crippen LogP contribution in [0.2, 0.25) is 0 Å². The lowest BCUT2D eigenvalue weighted by molar-refractivity contribution is -0.115. The minimum absolute atomic E-state index is 0.135. The van der Waals surface area contributed by atoms with Crippen LogP contribution in [0.5, 0.6) is 17.5 Å².